The molecule has 1 N–H and O–H groups in total. The summed E-state index contributed by atoms with van der Waals surface area (Å²) in [5, 5.41) is 2.90. The molecular formula is C18H19NO4. The van der Waals surface area contributed by atoms with Crippen molar-refractivity contribution in [1.29, 1.82) is 0 Å². The summed E-state index contributed by atoms with van der Waals surface area (Å²) in [6.07, 6.45) is 0.140. The van der Waals surface area contributed by atoms with Gasteiger partial charge in [0.1, 0.15) is 5.75 Å². The largest absolute Gasteiger partial charge is 0.493 e. The van der Waals surface area contributed by atoms with Gasteiger partial charge in [0.05, 0.1) is 14.2 Å². The molecule has 0 saturated carbocycles. The van der Waals surface area contributed by atoms with E-state index in [1.54, 1.807) is 14.2 Å². The van der Waals surface area contributed by atoms with Gasteiger partial charge in [-0.3, -0.25) is 4.79 Å². The van der Waals surface area contributed by atoms with Gasteiger partial charge in [-0.15, -0.1) is 0 Å². The summed E-state index contributed by atoms with van der Waals surface area (Å²) < 4.78 is 16.1. The van der Waals surface area contributed by atoms with E-state index in [4.69, 9.17) is 14.2 Å². The number of amides is 1. The Morgan fingerprint density at radius 3 is 2.70 bits per heavy atom. The monoisotopic (exact) mass is 313 g/mol. The van der Waals surface area contributed by atoms with Crippen LogP contribution in [0.2, 0.25) is 0 Å². The third kappa shape index (κ3) is 3.23. The predicted molar refractivity (Wildman–Crippen MR) is 86.0 cm³/mol. The number of para-hydroxylation sites is 1. The van der Waals surface area contributed by atoms with Crippen molar-refractivity contribution in [2.75, 3.05) is 14.2 Å². The summed E-state index contributed by atoms with van der Waals surface area (Å²) in [5.74, 6) is 1.98. The van der Waals surface area contributed by atoms with Gasteiger partial charge in [0.25, 0.3) is 5.91 Å². The first-order valence-corrected chi connectivity index (χ1v) is 7.44. The highest BCUT2D eigenvalue weighted by Crippen LogP contribution is 2.29. The summed E-state index contributed by atoms with van der Waals surface area (Å²) in [5.41, 5.74) is 2.00. The molecule has 5 heteroatoms. The lowest BCUT2D eigenvalue weighted by molar-refractivity contribution is -0.127. The van der Waals surface area contributed by atoms with Crippen LogP contribution in [0.5, 0.6) is 17.2 Å². The zero-order chi connectivity index (χ0) is 16.2. The van der Waals surface area contributed by atoms with E-state index in [1.165, 1.54) is 0 Å². The molecule has 1 heterocycles. The maximum Gasteiger partial charge on any atom is 0.261 e. The minimum absolute atomic E-state index is 0.115. The van der Waals surface area contributed by atoms with Gasteiger partial charge >= 0.3 is 0 Å². The van der Waals surface area contributed by atoms with Gasteiger partial charge in [0, 0.05) is 13.0 Å². The van der Waals surface area contributed by atoms with Crippen LogP contribution >= 0.6 is 0 Å². The highest BCUT2D eigenvalue weighted by atomic mass is 16.5. The molecule has 1 aliphatic heterocycles. The average molecular weight is 313 g/mol. The van der Waals surface area contributed by atoms with E-state index in [0.29, 0.717) is 24.5 Å². The summed E-state index contributed by atoms with van der Waals surface area (Å²) in [7, 11) is 3.18. The molecule has 3 rings (SSSR count). The number of nitrogens with one attached hydrogen (secondary N) is 1. The molecule has 1 amide bonds. The molecule has 0 spiro atoms. The highest BCUT2D eigenvalue weighted by Gasteiger charge is 2.28. The number of ether oxygens (including phenoxy) is 3. The average Bonchev–Trinajstić information content (AvgIpc) is 3.03. The summed E-state index contributed by atoms with van der Waals surface area (Å²) in [6, 6.07) is 13.3. The van der Waals surface area contributed by atoms with E-state index < -0.39 is 6.10 Å². The second-order valence-electron chi connectivity index (χ2n) is 5.33. The molecule has 2 aromatic carbocycles. The second-order valence-corrected chi connectivity index (χ2v) is 5.33. The van der Waals surface area contributed by atoms with Crippen molar-refractivity contribution < 1.29 is 19.0 Å². The van der Waals surface area contributed by atoms with Crippen molar-refractivity contribution in [2.24, 2.45) is 0 Å². The van der Waals surface area contributed by atoms with E-state index in [-0.39, 0.29) is 5.91 Å². The second kappa shape index (κ2) is 6.60. The third-order valence-electron chi connectivity index (χ3n) is 3.85. The molecule has 0 unspecified atom stereocenters. The van der Waals surface area contributed by atoms with Crippen LogP contribution in [-0.2, 0) is 17.8 Å². The van der Waals surface area contributed by atoms with Gasteiger partial charge in [-0.05, 0) is 29.3 Å². The Morgan fingerprint density at radius 2 is 1.96 bits per heavy atom. The minimum Gasteiger partial charge on any atom is -0.493 e. The number of benzene rings is 2. The number of carbonyl (C=O) groups is 1. The van der Waals surface area contributed by atoms with Crippen LogP contribution in [0.3, 0.4) is 0 Å². The van der Waals surface area contributed by atoms with Crippen molar-refractivity contribution in [2.45, 2.75) is 19.1 Å². The van der Waals surface area contributed by atoms with Gasteiger partial charge in [-0.2, -0.15) is 0 Å². The van der Waals surface area contributed by atoms with Crippen LogP contribution in [0.1, 0.15) is 11.1 Å². The molecular weight excluding hydrogens is 294 g/mol. The maximum atomic E-state index is 12.3. The SMILES string of the molecule is COc1ccc(CNC(=O)[C@@H]2Cc3ccccc3O2)cc1OC. The van der Waals surface area contributed by atoms with Crippen molar-refractivity contribution >= 4 is 5.91 Å². The third-order valence-corrected chi connectivity index (χ3v) is 3.85. The molecule has 2 aromatic rings. The topological polar surface area (TPSA) is 56.8 Å². The smallest absolute Gasteiger partial charge is 0.261 e. The van der Waals surface area contributed by atoms with E-state index in [0.717, 1.165) is 16.9 Å². The maximum absolute atomic E-state index is 12.3. The van der Waals surface area contributed by atoms with Crippen molar-refractivity contribution in [3.05, 3.63) is 53.6 Å². The predicted octanol–water partition coefficient (Wildman–Crippen LogP) is 2.32. The van der Waals surface area contributed by atoms with Crippen LogP contribution in [-0.4, -0.2) is 26.2 Å². The van der Waals surface area contributed by atoms with Crippen LogP contribution in [0.15, 0.2) is 42.5 Å². The van der Waals surface area contributed by atoms with Gasteiger partial charge in [0.15, 0.2) is 17.6 Å². The Hall–Kier alpha value is -2.69. The molecule has 5 nitrogen and oxygen atoms in total. The number of carbonyl (C=O) groups excluding carboxylic acids is 1. The van der Waals surface area contributed by atoms with Gasteiger partial charge in [0.2, 0.25) is 0 Å². The Morgan fingerprint density at radius 1 is 1.17 bits per heavy atom. The van der Waals surface area contributed by atoms with E-state index in [1.807, 2.05) is 42.5 Å². The Labute approximate surface area is 135 Å². The normalized spacial score (nSPS) is 15.5. The lowest BCUT2D eigenvalue weighted by atomic mass is 10.1. The molecule has 0 aromatic heterocycles. The first-order chi connectivity index (χ1) is 11.2. The van der Waals surface area contributed by atoms with E-state index in [2.05, 4.69) is 5.32 Å². The first kappa shape index (κ1) is 15.2. The Bertz CT molecular complexity index is 689. The molecule has 0 saturated heterocycles. The van der Waals surface area contributed by atoms with Gasteiger partial charge < -0.3 is 19.5 Å². The Kier molecular flexibility index (Phi) is 4.37. The van der Waals surface area contributed by atoms with Crippen LogP contribution in [0.4, 0.5) is 0 Å². The molecule has 23 heavy (non-hydrogen) atoms. The molecule has 0 radical (unpaired) electrons. The van der Waals surface area contributed by atoms with Gasteiger partial charge in [-0.25, -0.2) is 0 Å². The minimum atomic E-state index is -0.465. The fourth-order valence-corrected chi connectivity index (χ4v) is 2.62. The molecule has 1 aliphatic rings. The molecule has 0 fully saturated rings. The molecule has 0 aliphatic carbocycles. The van der Waals surface area contributed by atoms with E-state index in [9.17, 15) is 4.79 Å². The fourth-order valence-electron chi connectivity index (χ4n) is 2.62. The number of methoxy groups -OCH3 is 2. The Balaban J connectivity index is 1.60. The molecule has 120 valence electrons. The lowest BCUT2D eigenvalue weighted by Gasteiger charge is -2.13. The van der Waals surface area contributed by atoms with Crippen LogP contribution in [0.25, 0.3) is 0 Å². The number of fused-ring (bicyclic) bond motifs is 1. The molecule has 1 atom stereocenters. The quantitative estimate of drug-likeness (QED) is 0.920. The summed E-state index contributed by atoms with van der Waals surface area (Å²) in [4.78, 5) is 12.3. The van der Waals surface area contributed by atoms with Crippen LogP contribution < -0.4 is 19.5 Å². The molecule has 0 bridgehead atoms. The zero-order valence-electron chi connectivity index (χ0n) is 13.2. The van der Waals surface area contributed by atoms with E-state index >= 15 is 0 Å². The first-order valence-electron chi connectivity index (χ1n) is 7.44. The number of rotatable bonds is 5. The highest BCUT2D eigenvalue weighted by molar-refractivity contribution is 5.82. The van der Waals surface area contributed by atoms with Crippen molar-refractivity contribution in [3.63, 3.8) is 0 Å². The number of hydrogen-bond donors (Lipinski definition) is 1. The standard InChI is InChI=1S/C18H19NO4/c1-21-15-8-7-12(9-16(15)22-2)11-19-18(20)17-10-13-5-3-4-6-14(13)23-17/h3-9,17H,10-11H2,1-2H3,(H,19,20)/t17-/m0/s1. The van der Waals surface area contributed by atoms with Crippen LogP contribution in [0, 0.1) is 0 Å². The number of hydrogen-bond acceptors (Lipinski definition) is 4. The summed E-state index contributed by atoms with van der Waals surface area (Å²) in [6.45, 7) is 0.412. The van der Waals surface area contributed by atoms with Gasteiger partial charge in [-0.1, -0.05) is 24.3 Å². The zero-order valence-corrected chi connectivity index (χ0v) is 13.2. The fraction of sp³-hybridized carbons (Fsp3) is 0.278. The lowest BCUT2D eigenvalue weighted by Crippen LogP contribution is -2.37. The van der Waals surface area contributed by atoms with Crippen molar-refractivity contribution in [3.8, 4) is 17.2 Å². The summed E-state index contributed by atoms with van der Waals surface area (Å²) >= 11 is 0. The van der Waals surface area contributed by atoms with Crippen molar-refractivity contribution in [1.82, 2.24) is 5.32 Å².